The van der Waals surface area contributed by atoms with Crippen molar-refractivity contribution in [2.75, 3.05) is 0 Å². The van der Waals surface area contributed by atoms with Gasteiger partial charge in [0.05, 0.1) is 0 Å². The first-order valence-corrected chi connectivity index (χ1v) is 9.35. The molecule has 0 aliphatic rings. The smallest absolute Gasteiger partial charge is 0.415 e. The van der Waals surface area contributed by atoms with Gasteiger partial charge in [0, 0.05) is 12.1 Å². The Morgan fingerprint density at radius 3 is 1.42 bits per heavy atom. The molecule has 0 aliphatic carbocycles. The second kappa shape index (κ2) is 6.94. The van der Waals surface area contributed by atoms with Crippen molar-refractivity contribution in [1.82, 2.24) is 0 Å². The maximum absolute atomic E-state index is 12.9. The molecular formula is C20H26O3P+. The minimum Gasteiger partial charge on any atom is -0.488 e. The largest absolute Gasteiger partial charge is 0.488 e. The van der Waals surface area contributed by atoms with Crippen LogP contribution in [0.4, 0.5) is 0 Å². The van der Waals surface area contributed by atoms with E-state index >= 15 is 0 Å². The molecule has 0 amide bonds. The molecule has 0 atom stereocenters. The maximum atomic E-state index is 12.9. The number of rotatable bonds is 4. The molecule has 0 bridgehead atoms. The highest BCUT2D eigenvalue weighted by Crippen LogP contribution is 2.26. The molecule has 2 aromatic rings. The highest BCUT2D eigenvalue weighted by Gasteiger charge is 2.26. The summed E-state index contributed by atoms with van der Waals surface area (Å²) in [6.07, 6.45) is 0. The summed E-state index contributed by atoms with van der Waals surface area (Å²) < 4.78 is 24.6. The van der Waals surface area contributed by atoms with Crippen LogP contribution in [0.1, 0.15) is 41.5 Å². The third kappa shape index (κ3) is 5.65. The Balaban J connectivity index is 2.26. The van der Waals surface area contributed by atoms with Gasteiger partial charge in [-0.3, -0.25) is 0 Å². The van der Waals surface area contributed by atoms with Gasteiger partial charge in [-0.05, 0) is 65.8 Å². The van der Waals surface area contributed by atoms with Crippen LogP contribution < -0.4 is 20.1 Å². The molecule has 0 N–H and O–H groups in total. The first-order valence-electron chi connectivity index (χ1n) is 8.09. The van der Waals surface area contributed by atoms with E-state index in [9.17, 15) is 4.57 Å². The van der Waals surface area contributed by atoms with Gasteiger partial charge in [0.2, 0.25) is 0 Å². The quantitative estimate of drug-likeness (QED) is 0.745. The number of hydrogen-bond donors (Lipinski definition) is 0. The van der Waals surface area contributed by atoms with Gasteiger partial charge in [-0.15, -0.1) is 0 Å². The van der Waals surface area contributed by atoms with Crippen LogP contribution in [0, 0.1) is 0 Å². The topological polar surface area (TPSA) is 35.5 Å². The summed E-state index contributed by atoms with van der Waals surface area (Å²) in [6, 6.07) is 15.0. The minimum absolute atomic E-state index is 0.287. The molecule has 0 aromatic heterocycles. The van der Waals surface area contributed by atoms with E-state index in [2.05, 4.69) is 0 Å². The average molecular weight is 345 g/mol. The molecule has 2 aromatic carbocycles. The van der Waals surface area contributed by atoms with E-state index in [-0.39, 0.29) is 11.2 Å². The fraction of sp³-hybridized carbons (Fsp3) is 0.400. The van der Waals surface area contributed by atoms with Crippen LogP contribution in [0.2, 0.25) is 0 Å². The average Bonchev–Trinajstić information content (AvgIpc) is 2.43. The van der Waals surface area contributed by atoms with E-state index in [0.717, 1.165) is 22.1 Å². The molecule has 128 valence electrons. The lowest BCUT2D eigenvalue weighted by molar-refractivity contribution is 0.130. The van der Waals surface area contributed by atoms with Crippen LogP contribution in [0.25, 0.3) is 0 Å². The molecule has 0 radical (unpaired) electrons. The summed E-state index contributed by atoms with van der Waals surface area (Å²) in [5.41, 5.74) is -0.574. The Hall–Kier alpha value is -1.86. The lowest BCUT2D eigenvalue weighted by atomic mass is 10.2. The van der Waals surface area contributed by atoms with Gasteiger partial charge < -0.3 is 9.47 Å². The highest BCUT2D eigenvalue weighted by molar-refractivity contribution is 7.61. The minimum atomic E-state index is -1.70. The lowest BCUT2D eigenvalue weighted by Gasteiger charge is -2.21. The van der Waals surface area contributed by atoms with Crippen LogP contribution in [-0.4, -0.2) is 11.2 Å². The first-order chi connectivity index (χ1) is 11.0. The van der Waals surface area contributed by atoms with Crippen molar-refractivity contribution in [1.29, 1.82) is 0 Å². The van der Waals surface area contributed by atoms with E-state index in [1.165, 1.54) is 0 Å². The standard InChI is InChI=1S/C20H26O3P/c1-19(2,3)22-15-9-7-11-17(13-15)24(21)18-12-8-10-16(14-18)23-20(4,5)6/h7-14H,1-6H3/q+1. The zero-order valence-corrected chi connectivity index (χ0v) is 16.2. The van der Waals surface area contributed by atoms with E-state index in [4.69, 9.17) is 9.47 Å². The van der Waals surface area contributed by atoms with Crippen LogP contribution in [0.5, 0.6) is 11.5 Å². The Bertz CT molecular complexity index is 663. The molecule has 0 fully saturated rings. The van der Waals surface area contributed by atoms with E-state index in [1.807, 2.05) is 90.1 Å². The third-order valence-electron chi connectivity index (χ3n) is 2.95. The summed E-state index contributed by atoms with van der Waals surface area (Å²) in [4.78, 5) is 0. The first kappa shape index (κ1) is 18.5. The van der Waals surface area contributed by atoms with Gasteiger partial charge in [0.1, 0.15) is 22.7 Å². The second-order valence-corrected chi connectivity index (χ2v) is 9.34. The van der Waals surface area contributed by atoms with Crippen molar-refractivity contribution in [3.63, 3.8) is 0 Å². The zero-order valence-electron chi connectivity index (χ0n) is 15.3. The molecule has 0 saturated heterocycles. The predicted octanol–water partition coefficient (Wildman–Crippen LogP) is 4.82. The van der Waals surface area contributed by atoms with Gasteiger partial charge in [0.25, 0.3) is 0 Å². The fourth-order valence-electron chi connectivity index (χ4n) is 2.20. The van der Waals surface area contributed by atoms with E-state index in [1.54, 1.807) is 0 Å². The van der Waals surface area contributed by atoms with Crippen molar-refractivity contribution in [3.8, 4) is 11.5 Å². The fourth-order valence-corrected chi connectivity index (χ4v) is 3.43. The Morgan fingerprint density at radius 2 is 1.08 bits per heavy atom. The number of hydrogen-bond acceptors (Lipinski definition) is 3. The van der Waals surface area contributed by atoms with E-state index < -0.39 is 7.80 Å². The molecule has 2 rings (SSSR count). The normalized spacial score (nSPS) is 11.9. The Labute approximate surface area is 145 Å². The van der Waals surface area contributed by atoms with Gasteiger partial charge in [-0.25, -0.2) is 0 Å². The molecule has 0 saturated carbocycles. The summed E-state index contributed by atoms with van der Waals surface area (Å²) in [5.74, 6) is 1.45. The molecular weight excluding hydrogens is 319 g/mol. The summed E-state index contributed by atoms with van der Waals surface area (Å²) in [7, 11) is -1.70. The van der Waals surface area contributed by atoms with Crippen LogP contribution in [0.15, 0.2) is 48.5 Å². The Morgan fingerprint density at radius 1 is 0.708 bits per heavy atom. The second-order valence-electron chi connectivity index (χ2n) is 7.72. The van der Waals surface area contributed by atoms with Gasteiger partial charge in [0.15, 0.2) is 10.6 Å². The van der Waals surface area contributed by atoms with Crippen LogP contribution in [0.3, 0.4) is 0 Å². The molecule has 4 heteroatoms. The van der Waals surface area contributed by atoms with Gasteiger partial charge in [-0.1, -0.05) is 16.7 Å². The van der Waals surface area contributed by atoms with Crippen molar-refractivity contribution in [3.05, 3.63) is 48.5 Å². The zero-order chi connectivity index (χ0) is 18.0. The van der Waals surface area contributed by atoms with Crippen molar-refractivity contribution in [2.45, 2.75) is 52.7 Å². The van der Waals surface area contributed by atoms with Crippen molar-refractivity contribution >= 4 is 18.4 Å². The summed E-state index contributed by atoms with van der Waals surface area (Å²) in [5, 5.41) is 1.50. The summed E-state index contributed by atoms with van der Waals surface area (Å²) >= 11 is 0. The lowest BCUT2D eigenvalue weighted by Crippen LogP contribution is -2.23. The van der Waals surface area contributed by atoms with Crippen molar-refractivity contribution < 1.29 is 14.0 Å². The van der Waals surface area contributed by atoms with Crippen molar-refractivity contribution in [2.24, 2.45) is 0 Å². The van der Waals surface area contributed by atoms with Crippen LogP contribution in [-0.2, 0) is 4.57 Å². The molecule has 0 heterocycles. The molecule has 3 nitrogen and oxygen atoms in total. The van der Waals surface area contributed by atoms with Gasteiger partial charge in [-0.2, -0.15) is 0 Å². The highest BCUT2D eigenvalue weighted by atomic mass is 31.1. The Kier molecular flexibility index (Phi) is 5.35. The number of ether oxygens (including phenoxy) is 2. The SMILES string of the molecule is CC(C)(C)Oc1cccc([P+](=O)c2cccc(OC(C)(C)C)c2)c1. The van der Waals surface area contributed by atoms with Crippen LogP contribution >= 0.6 is 7.80 Å². The number of benzene rings is 2. The van der Waals surface area contributed by atoms with E-state index in [0.29, 0.717) is 0 Å². The molecule has 0 unspecified atom stereocenters. The van der Waals surface area contributed by atoms with Gasteiger partial charge >= 0.3 is 7.80 Å². The molecule has 24 heavy (non-hydrogen) atoms. The monoisotopic (exact) mass is 345 g/mol. The molecule has 0 spiro atoms. The predicted molar refractivity (Wildman–Crippen MR) is 101 cm³/mol. The third-order valence-corrected chi connectivity index (χ3v) is 4.45. The molecule has 0 aliphatic heterocycles. The maximum Gasteiger partial charge on any atom is 0.415 e. The summed E-state index contributed by atoms with van der Waals surface area (Å²) in [6.45, 7) is 12.0.